The van der Waals surface area contributed by atoms with E-state index in [0.717, 1.165) is 26.4 Å². The molecule has 0 aromatic carbocycles. The maximum atomic E-state index is 13.2. The van der Waals surface area contributed by atoms with Crippen molar-refractivity contribution in [2.75, 3.05) is 20.3 Å². The van der Waals surface area contributed by atoms with Gasteiger partial charge in [0.2, 0.25) is 0 Å². The molecule has 3 aliphatic heterocycles. The Labute approximate surface area is 415 Å². The van der Waals surface area contributed by atoms with E-state index in [1.165, 1.54) is 12.5 Å². The van der Waals surface area contributed by atoms with Crippen molar-refractivity contribution in [2.45, 2.75) is 224 Å². The van der Waals surface area contributed by atoms with Crippen LogP contribution in [-0.4, -0.2) is 194 Å². The third-order valence-corrected chi connectivity index (χ3v) is 19.8. The molecule has 25 atom stereocenters. The van der Waals surface area contributed by atoms with E-state index >= 15 is 0 Å². The van der Waals surface area contributed by atoms with Crippen LogP contribution in [0.15, 0.2) is 11.6 Å². The van der Waals surface area contributed by atoms with Crippen LogP contribution in [0.4, 0.5) is 0 Å². The number of fused-ring (bicyclic) bond motifs is 7. The van der Waals surface area contributed by atoms with Gasteiger partial charge in [-0.25, -0.2) is 4.79 Å². The molecule has 20 heteroatoms. The molecular weight excluding hydrogens is 933 g/mol. The Morgan fingerprint density at radius 1 is 0.704 bits per heavy atom. The molecule has 0 unspecified atom stereocenters. The van der Waals surface area contributed by atoms with Crippen LogP contribution >= 0.6 is 0 Å². The summed E-state index contributed by atoms with van der Waals surface area (Å²) >= 11 is 0. The van der Waals surface area contributed by atoms with Crippen molar-refractivity contribution >= 4 is 11.9 Å². The van der Waals surface area contributed by atoms with Gasteiger partial charge in [-0.15, -0.1) is 0 Å². The van der Waals surface area contributed by atoms with Crippen LogP contribution in [-0.2, 0) is 47.5 Å². The van der Waals surface area contributed by atoms with Gasteiger partial charge in [-0.05, 0) is 103 Å². The normalized spacial score (nSPS) is 52.4. The highest BCUT2D eigenvalue weighted by molar-refractivity contribution is 5.75. The van der Waals surface area contributed by atoms with E-state index in [2.05, 4.69) is 54.5 Å². The molecule has 406 valence electrons. The second-order valence-electron chi connectivity index (χ2n) is 24.6. The van der Waals surface area contributed by atoms with Gasteiger partial charge in [0.05, 0.1) is 44.1 Å². The van der Waals surface area contributed by atoms with Crippen LogP contribution in [0.25, 0.3) is 0 Å². The van der Waals surface area contributed by atoms with Gasteiger partial charge >= 0.3 is 11.9 Å². The van der Waals surface area contributed by atoms with E-state index in [1.807, 2.05) is 0 Å². The van der Waals surface area contributed by atoms with Crippen LogP contribution in [0, 0.1) is 50.2 Å². The van der Waals surface area contributed by atoms with Crippen LogP contribution in [0.2, 0.25) is 0 Å². The summed E-state index contributed by atoms with van der Waals surface area (Å²) in [4.78, 5) is 26.3. The number of aliphatic hydroxyl groups excluding tert-OH is 10. The number of hydrogen-bond donors (Lipinski definition) is 10. The highest BCUT2D eigenvalue weighted by atomic mass is 16.7. The van der Waals surface area contributed by atoms with E-state index in [0.29, 0.717) is 32.1 Å². The number of ether oxygens (including phenoxy) is 8. The van der Waals surface area contributed by atoms with E-state index < -0.39 is 145 Å². The van der Waals surface area contributed by atoms with Crippen LogP contribution < -0.4 is 0 Å². The average molecular weight is 1020 g/mol. The lowest BCUT2D eigenvalue weighted by atomic mass is 9.33. The number of allylic oxidation sites excluding steroid dienone is 2. The smallest absolute Gasteiger partial charge is 0.337 e. The van der Waals surface area contributed by atoms with E-state index in [4.69, 9.17) is 37.9 Å². The number of carbonyl (C=O) groups is 2. The molecule has 20 nitrogen and oxygen atoms in total. The molecular formula is C51H82O20. The standard InChI is InChI=1S/C51H82O20/c1-22-32(55)34(57)36(59)43(66-22)65-21-51-25(17-46(3,4)18-29(51)54)24-11-12-28-48(7)15-14-30(47(5,6)27(48)13-16-49(28,8)50(24,9)19-31(51)67-23(2)53)69-45-39(62)40(38(61)41(71-45)42(63)64-10)70-44-37(60)35(58)33(56)26(20-52)68-44/h11,22,25-41,43-45,52,54-62H,12-21H2,1-10H3/t22-,25-,26+,27-,28+,29-,30-,31-,32-,33+,34+,35-,36+,37+,38-,39+,40-,41-,43+,44-,45+,48-,49+,50+,51+/m0/s1. The number of carbonyl (C=O) groups excluding carboxylic acids is 2. The predicted molar refractivity (Wildman–Crippen MR) is 246 cm³/mol. The molecule has 0 aromatic heterocycles. The molecule has 8 rings (SSSR count). The van der Waals surface area contributed by atoms with Crippen LogP contribution in [0.5, 0.6) is 0 Å². The first-order valence-corrected chi connectivity index (χ1v) is 25.6. The molecule has 71 heavy (non-hydrogen) atoms. The Hall–Kier alpha value is -1.96. The predicted octanol–water partition coefficient (Wildman–Crippen LogP) is 0.335. The fourth-order valence-electron chi connectivity index (χ4n) is 15.7. The summed E-state index contributed by atoms with van der Waals surface area (Å²) in [7, 11) is 1.10. The quantitative estimate of drug-likeness (QED) is 0.0801. The molecule has 0 bridgehead atoms. The Bertz CT molecular complexity index is 1980. The highest BCUT2D eigenvalue weighted by Gasteiger charge is 2.72. The largest absolute Gasteiger partial charge is 0.467 e. The Morgan fingerprint density at radius 3 is 2.00 bits per heavy atom. The summed E-state index contributed by atoms with van der Waals surface area (Å²) in [5, 5.41) is 109. The van der Waals surface area contributed by atoms with E-state index in [1.54, 1.807) is 6.92 Å². The van der Waals surface area contributed by atoms with Gasteiger partial charge in [0.15, 0.2) is 25.0 Å². The van der Waals surface area contributed by atoms with Crippen molar-refractivity contribution in [3.8, 4) is 0 Å². The first-order valence-electron chi connectivity index (χ1n) is 25.6. The lowest BCUT2D eigenvalue weighted by molar-refractivity contribution is -0.365. The fourth-order valence-corrected chi connectivity index (χ4v) is 15.7. The first-order chi connectivity index (χ1) is 33.0. The summed E-state index contributed by atoms with van der Waals surface area (Å²) in [5.74, 6) is -1.62. The maximum absolute atomic E-state index is 13.2. The fraction of sp³-hybridized carbons (Fsp3) is 0.922. The van der Waals surface area contributed by atoms with E-state index in [9.17, 15) is 60.7 Å². The van der Waals surface area contributed by atoms with Crippen molar-refractivity contribution in [3.63, 3.8) is 0 Å². The molecule has 10 N–H and O–H groups in total. The molecule has 3 saturated heterocycles. The summed E-state index contributed by atoms with van der Waals surface area (Å²) in [6, 6.07) is 0. The Kier molecular flexibility index (Phi) is 15.2. The van der Waals surface area contributed by atoms with Crippen molar-refractivity contribution in [2.24, 2.45) is 50.2 Å². The second-order valence-corrected chi connectivity index (χ2v) is 24.6. The Balaban J connectivity index is 1.08. The third kappa shape index (κ3) is 8.86. The Morgan fingerprint density at radius 2 is 1.35 bits per heavy atom. The summed E-state index contributed by atoms with van der Waals surface area (Å²) in [6.45, 7) is 17.6. The number of aliphatic hydroxyl groups is 10. The molecule has 0 radical (unpaired) electrons. The number of rotatable bonds is 10. The van der Waals surface area contributed by atoms with Gasteiger partial charge in [0, 0.05) is 6.92 Å². The monoisotopic (exact) mass is 1010 g/mol. The molecule has 4 saturated carbocycles. The molecule has 0 aromatic rings. The van der Waals surface area contributed by atoms with Gasteiger partial charge in [-0.3, -0.25) is 4.79 Å². The minimum absolute atomic E-state index is 0.0585. The zero-order chi connectivity index (χ0) is 52.3. The van der Waals surface area contributed by atoms with Crippen LogP contribution in [0.1, 0.15) is 114 Å². The number of esters is 2. The lowest BCUT2D eigenvalue weighted by Gasteiger charge is -2.72. The molecule has 0 spiro atoms. The number of hydrogen-bond acceptors (Lipinski definition) is 20. The van der Waals surface area contributed by atoms with E-state index in [-0.39, 0.29) is 40.6 Å². The molecule has 0 amide bonds. The van der Waals surface area contributed by atoms with Crippen molar-refractivity contribution in [3.05, 3.63) is 11.6 Å². The summed E-state index contributed by atoms with van der Waals surface area (Å²) in [5.41, 5.74) is -1.99. The van der Waals surface area contributed by atoms with Crippen LogP contribution in [0.3, 0.4) is 0 Å². The summed E-state index contributed by atoms with van der Waals surface area (Å²) < 4.78 is 47.7. The first kappa shape index (κ1) is 55.3. The number of methoxy groups -OCH3 is 1. The average Bonchev–Trinajstić information content (AvgIpc) is 3.29. The van der Waals surface area contributed by atoms with Gasteiger partial charge in [-0.1, -0.05) is 60.1 Å². The summed E-state index contributed by atoms with van der Waals surface area (Å²) in [6.07, 6.45) is -18.6. The SMILES string of the molecule is COC(=O)[C@H]1O[C@@H](O[C@H]2CC[C@]3(C)[C@H]4CC=C5[C@@H]6CC(C)(C)C[C@H](O)[C@]6(CO[C@@H]6O[C@@H](C)[C@H](O)[C@@H](O)[C@H]6O)[C@@H](OC(C)=O)C[C@@]5(C)[C@]4(C)CC[C@H]3C2(C)C)[C@H](O)[C@@H](O[C@@H]2O[C@H](CO)[C@@H](O)[C@H](O)[C@H]2O)[C@@H]1O. The highest BCUT2D eigenvalue weighted by Crippen LogP contribution is 2.76. The lowest BCUT2D eigenvalue weighted by Crippen LogP contribution is -2.70. The minimum atomic E-state index is -1.86. The van der Waals surface area contributed by atoms with Crippen molar-refractivity contribution in [1.29, 1.82) is 0 Å². The van der Waals surface area contributed by atoms with Gasteiger partial charge < -0.3 is 89.0 Å². The molecule has 8 aliphatic rings. The van der Waals surface area contributed by atoms with Crippen molar-refractivity contribution < 1.29 is 98.5 Å². The topological polar surface area (TPSA) is 310 Å². The molecule has 3 heterocycles. The van der Waals surface area contributed by atoms with Gasteiger partial charge in [-0.2, -0.15) is 0 Å². The molecule has 5 aliphatic carbocycles. The second kappa shape index (κ2) is 19.6. The molecule has 7 fully saturated rings. The third-order valence-electron chi connectivity index (χ3n) is 19.8. The van der Waals surface area contributed by atoms with Gasteiger partial charge in [0.1, 0.15) is 67.1 Å². The van der Waals surface area contributed by atoms with Crippen molar-refractivity contribution in [1.82, 2.24) is 0 Å². The zero-order valence-electron chi connectivity index (χ0n) is 42.8. The van der Waals surface area contributed by atoms with Gasteiger partial charge in [0.25, 0.3) is 0 Å². The zero-order valence-corrected chi connectivity index (χ0v) is 42.8. The maximum Gasteiger partial charge on any atom is 0.337 e. The minimum Gasteiger partial charge on any atom is -0.467 e.